The first-order valence-corrected chi connectivity index (χ1v) is 9.37. The van der Waals surface area contributed by atoms with E-state index in [2.05, 4.69) is 4.72 Å². The Kier molecular flexibility index (Phi) is 6.62. The third-order valence-electron chi connectivity index (χ3n) is 3.31. The third kappa shape index (κ3) is 5.49. The lowest BCUT2D eigenvalue weighted by Crippen LogP contribution is -2.34. The number of ether oxygens (including phenoxy) is 1. The van der Waals surface area contributed by atoms with Gasteiger partial charge >= 0.3 is 0 Å². The molecule has 0 spiro atoms. The molecule has 0 radical (unpaired) electrons. The smallest absolute Gasteiger partial charge is 0.240 e. The van der Waals surface area contributed by atoms with Gasteiger partial charge < -0.3 is 9.84 Å². The molecule has 0 aliphatic carbocycles. The molecular weight excluding hydrogens is 350 g/mol. The van der Waals surface area contributed by atoms with Crippen LogP contribution in [0.5, 0.6) is 5.75 Å². The lowest BCUT2D eigenvalue weighted by Gasteiger charge is -2.15. The lowest BCUT2D eigenvalue weighted by molar-refractivity contribution is 0.201. The summed E-state index contributed by atoms with van der Waals surface area (Å²) < 4.78 is 32.6. The standard InChI is InChI=1S/C17H20ClNO4S/c1-13(12-14-2-6-16(7-3-14)23-11-10-20)19-24(21,22)17-8-4-15(18)5-9-17/h2-9,13,19-20H,10-12H2,1H3. The minimum absolute atomic E-state index is 0.0364. The van der Waals surface area contributed by atoms with Gasteiger partial charge in [-0.3, -0.25) is 0 Å². The molecule has 1 atom stereocenters. The monoisotopic (exact) mass is 369 g/mol. The second kappa shape index (κ2) is 8.48. The van der Waals surface area contributed by atoms with Crippen LogP contribution in [0.3, 0.4) is 0 Å². The van der Waals surface area contributed by atoms with Crippen molar-refractivity contribution in [3.8, 4) is 5.75 Å². The van der Waals surface area contributed by atoms with E-state index in [-0.39, 0.29) is 24.2 Å². The Morgan fingerprint density at radius 3 is 2.33 bits per heavy atom. The summed E-state index contributed by atoms with van der Waals surface area (Å²) >= 11 is 5.78. The molecule has 0 aliphatic rings. The Balaban J connectivity index is 1.97. The van der Waals surface area contributed by atoms with Gasteiger partial charge in [-0.05, 0) is 55.3 Å². The van der Waals surface area contributed by atoms with Gasteiger partial charge in [0.15, 0.2) is 0 Å². The average Bonchev–Trinajstić information content (AvgIpc) is 2.54. The fraction of sp³-hybridized carbons (Fsp3) is 0.294. The number of sulfonamides is 1. The van der Waals surface area contributed by atoms with Crippen LogP contribution < -0.4 is 9.46 Å². The molecule has 2 aromatic carbocycles. The highest BCUT2D eigenvalue weighted by Crippen LogP contribution is 2.16. The van der Waals surface area contributed by atoms with Crippen molar-refractivity contribution in [3.05, 3.63) is 59.1 Å². The van der Waals surface area contributed by atoms with Gasteiger partial charge in [0.1, 0.15) is 12.4 Å². The molecule has 0 aromatic heterocycles. The predicted molar refractivity (Wildman–Crippen MR) is 94.0 cm³/mol. The van der Waals surface area contributed by atoms with Gasteiger partial charge in [-0.15, -0.1) is 0 Å². The molecule has 0 saturated heterocycles. The quantitative estimate of drug-likeness (QED) is 0.750. The van der Waals surface area contributed by atoms with E-state index in [1.165, 1.54) is 12.1 Å². The molecule has 0 bridgehead atoms. The average molecular weight is 370 g/mol. The molecule has 0 saturated carbocycles. The maximum atomic E-state index is 12.3. The largest absolute Gasteiger partial charge is 0.491 e. The maximum Gasteiger partial charge on any atom is 0.240 e. The minimum atomic E-state index is -3.58. The molecule has 7 heteroatoms. The van der Waals surface area contributed by atoms with Crippen molar-refractivity contribution in [1.82, 2.24) is 4.72 Å². The summed E-state index contributed by atoms with van der Waals surface area (Å²) in [6.07, 6.45) is 0.549. The van der Waals surface area contributed by atoms with E-state index in [0.29, 0.717) is 17.2 Å². The molecule has 130 valence electrons. The van der Waals surface area contributed by atoms with Crippen LogP contribution in [0, 0.1) is 0 Å². The molecule has 2 N–H and O–H groups in total. The number of nitrogens with one attached hydrogen (secondary N) is 1. The second-order valence-corrected chi connectivity index (χ2v) is 7.55. The van der Waals surface area contributed by atoms with Gasteiger partial charge in [0.25, 0.3) is 0 Å². The van der Waals surface area contributed by atoms with E-state index in [4.69, 9.17) is 21.4 Å². The van der Waals surface area contributed by atoms with Crippen LogP contribution >= 0.6 is 11.6 Å². The number of halogens is 1. The Morgan fingerprint density at radius 2 is 1.75 bits per heavy atom. The summed E-state index contributed by atoms with van der Waals surface area (Å²) in [4.78, 5) is 0.187. The molecular formula is C17H20ClNO4S. The fourth-order valence-electron chi connectivity index (χ4n) is 2.23. The van der Waals surface area contributed by atoms with Crippen LogP contribution in [0.4, 0.5) is 0 Å². The number of rotatable bonds is 8. The zero-order valence-electron chi connectivity index (χ0n) is 13.3. The number of hydrogen-bond acceptors (Lipinski definition) is 4. The predicted octanol–water partition coefficient (Wildman–Crippen LogP) is 2.62. The van der Waals surface area contributed by atoms with E-state index < -0.39 is 10.0 Å². The third-order valence-corrected chi connectivity index (χ3v) is 5.16. The van der Waals surface area contributed by atoms with E-state index in [0.717, 1.165) is 5.56 Å². The molecule has 0 heterocycles. The van der Waals surface area contributed by atoms with E-state index in [9.17, 15) is 8.42 Å². The van der Waals surface area contributed by atoms with Crippen molar-refractivity contribution >= 4 is 21.6 Å². The topological polar surface area (TPSA) is 75.6 Å². The Bertz CT molecular complexity index is 745. The molecule has 5 nitrogen and oxygen atoms in total. The Morgan fingerprint density at radius 1 is 1.12 bits per heavy atom. The van der Waals surface area contributed by atoms with Gasteiger partial charge in [-0.1, -0.05) is 23.7 Å². The Hall–Kier alpha value is -1.60. The van der Waals surface area contributed by atoms with Crippen LogP contribution in [0.25, 0.3) is 0 Å². The van der Waals surface area contributed by atoms with Crippen molar-refractivity contribution in [1.29, 1.82) is 0 Å². The summed E-state index contributed by atoms with van der Waals surface area (Å²) in [5, 5.41) is 9.21. The van der Waals surface area contributed by atoms with Crippen molar-refractivity contribution in [2.24, 2.45) is 0 Å². The van der Waals surface area contributed by atoms with Gasteiger partial charge in [-0.25, -0.2) is 13.1 Å². The maximum absolute atomic E-state index is 12.3. The molecule has 2 rings (SSSR count). The van der Waals surface area contributed by atoms with Crippen molar-refractivity contribution < 1.29 is 18.3 Å². The number of hydrogen-bond donors (Lipinski definition) is 2. The van der Waals surface area contributed by atoms with Crippen molar-refractivity contribution in [3.63, 3.8) is 0 Å². The first-order chi connectivity index (χ1) is 11.4. The van der Waals surface area contributed by atoms with Gasteiger partial charge in [0.2, 0.25) is 10.0 Å². The molecule has 1 unspecified atom stereocenters. The molecule has 0 aliphatic heterocycles. The van der Waals surface area contributed by atoms with Crippen LogP contribution in [0.2, 0.25) is 5.02 Å². The van der Waals surface area contributed by atoms with Crippen molar-refractivity contribution in [2.45, 2.75) is 24.3 Å². The van der Waals surface area contributed by atoms with Crippen LogP contribution in [-0.2, 0) is 16.4 Å². The number of aliphatic hydroxyl groups excluding tert-OH is 1. The number of aliphatic hydroxyl groups is 1. The highest BCUT2D eigenvalue weighted by atomic mass is 35.5. The summed E-state index contributed by atoms with van der Waals surface area (Å²) in [6, 6.07) is 13.1. The number of benzene rings is 2. The normalized spacial score (nSPS) is 12.8. The molecule has 0 fully saturated rings. The highest BCUT2D eigenvalue weighted by molar-refractivity contribution is 7.89. The SMILES string of the molecule is CC(Cc1ccc(OCCO)cc1)NS(=O)(=O)c1ccc(Cl)cc1. The van der Waals surface area contributed by atoms with Crippen LogP contribution in [0.1, 0.15) is 12.5 Å². The van der Waals surface area contributed by atoms with Gasteiger partial charge in [0, 0.05) is 11.1 Å². The van der Waals surface area contributed by atoms with Crippen LogP contribution in [-0.4, -0.2) is 32.8 Å². The minimum Gasteiger partial charge on any atom is -0.491 e. The summed E-state index contributed by atoms with van der Waals surface area (Å²) in [7, 11) is -3.58. The van der Waals surface area contributed by atoms with Gasteiger partial charge in [0.05, 0.1) is 11.5 Å². The molecule has 2 aromatic rings. The fourth-order valence-corrected chi connectivity index (χ4v) is 3.60. The lowest BCUT2D eigenvalue weighted by atomic mass is 10.1. The summed E-state index contributed by atoms with van der Waals surface area (Å²) in [5.41, 5.74) is 0.984. The second-order valence-electron chi connectivity index (χ2n) is 5.40. The van der Waals surface area contributed by atoms with Gasteiger partial charge in [-0.2, -0.15) is 0 Å². The zero-order chi connectivity index (χ0) is 17.6. The highest BCUT2D eigenvalue weighted by Gasteiger charge is 2.17. The van der Waals surface area contributed by atoms with Crippen LogP contribution in [0.15, 0.2) is 53.4 Å². The van der Waals surface area contributed by atoms with E-state index in [1.54, 1.807) is 24.3 Å². The summed E-state index contributed by atoms with van der Waals surface area (Å²) in [6.45, 7) is 2.02. The molecule has 24 heavy (non-hydrogen) atoms. The zero-order valence-corrected chi connectivity index (χ0v) is 14.8. The first kappa shape index (κ1) is 18.7. The van der Waals surface area contributed by atoms with E-state index in [1.807, 2.05) is 19.1 Å². The molecule has 0 amide bonds. The summed E-state index contributed by atoms with van der Waals surface area (Å²) in [5.74, 6) is 0.669. The Labute approximate surface area is 147 Å². The first-order valence-electron chi connectivity index (χ1n) is 7.51. The van der Waals surface area contributed by atoms with Crippen molar-refractivity contribution in [2.75, 3.05) is 13.2 Å². The van der Waals surface area contributed by atoms with E-state index >= 15 is 0 Å².